The largest absolute Gasteiger partial charge is 0.354 e. The molecule has 0 amide bonds. The fraction of sp³-hybridized carbons (Fsp3) is 0.381. The van der Waals surface area contributed by atoms with Crippen LogP contribution >= 0.6 is 0 Å². The van der Waals surface area contributed by atoms with Crippen LogP contribution in [-0.4, -0.2) is 28.3 Å². The van der Waals surface area contributed by atoms with Gasteiger partial charge in [-0.3, -0.25) is 4.98 Å². The highest BCUT2D eigenvalue weighted by molar-refractivity contribution is 5.93. The molecule has 4 rings (SSSR count). The van der Waals surface area contributed by atoms with Crippen molar-refractivity contribution in [1.82, 2.24) is 15.2 Å². The van der Waals surface area contributed by atoms with Crippen molar-refractivity contribution in [3.05, 3.63) is 60.0 Å². The van der Waals surface area contributed by atoms with Gasteiger partial charge in [-0.05, 0) is 36.0 Å². The van der Waals surface area contributed by atoms with Gasteiger partial charge in [0, 0.05) is 42.7 Å². The lowest BCUT2D eigenvalue weighted by Gasteiger charge is -2.36. The number of nitrogens with zero attached hydrogens (tertiary/aromatic N) is 4. The molecule has 2 aromatic heterocycles. The number of anilines is 1. The lowest BCUT2D eigenvalue weighted by molar-refractivity contribution is 0.355. The summed E-state index contributed by atoms with van der Waals surface area (Å²) in [5.74, 6) is 2.43. The van der Waals surface area contributed by atoms with Crippen molar-refractivity contribution in [1.29, 1.82) is 0 Å². The highest BCUT2D eigenvalue weighted by Crippen LogP contribution is 2.31. The topological polar surface area (TPSA) is 41.9 Å². The first-order valence-corrected chi connectivity index (χ1v) is 9.09. The Hall–Kier alpha value is -2.49. The van der Waals surface area contributed by atoms with Gasteiger partial charge in [-0.2, -0.15) is 5.10 Å². The highest BCUT2D eigenvalue weighted by atomic mass is 15.3. The third kappa shape index (κ3) is 3.34. The monoisotopic (exact) mass is 332 g/mol. The van der Waals surface area contributed by atoms with Crippen molar-refractivity contribution in [3.8, 4) is 0 Å². The number of aromatic nitrogens is 3. The van der Waals surface area contributed by atoms with Gasteiger partial charge in [0.1, 0.15) is 0 Å². The van der Waals surface area contributed by atoms with Crippen molar-refractivity contribution in [2.75, 3.05) is 18.0 Å². The van der Waals surface area contributed by atoms with Gasteiger partial charge in [0.2, 0.25) is 0 Å². The Morgan fingerprint density at radius 1 is 0.920 bits per heavy atom. The Morgan fingerprint density at radius 2 is 1.60 bits per heavy atom. The van der Waals surface area contributed by atoms with Crippen LogP contribution in [0.2, 0.25) is 0 Å². The summed E-state index contributed by atoms with van der Waals surface area (Å²) in [4.78, 5) is 6.52. The Labute approximate surface area is 148 Å². The van der Waals surface area contributed by atoms with Crippen LogP contribution in [-0.2, 0) is 6.42 Å². The Balaban J connectivity index is 1.74. The van der Waals surface area contributed by atoms with Gasteiger partial charge in [-0.1, -0.05) is 38.1 Å². The Bertz CT molecular complexity index is 852. The van der Waals surface area contributed by atoms with E-state index in [4.69, 9.17) is 0 Å². The maximum Gasteiger partial charge on any atom is 0.159 e. The van der Waals surface area contributed by atoms with Crippen LogP contribution in [0.25, 0.3) is 10.8 Å². The van der Waals surface area contributed by atoms with Gasteiger partial charge in [-0.25, -0.2) is 0 Å². The zero-order valence-corrected chi connectivity index (χ0v) is 14.9. The molecule has 0 saturated carbocycles. The van der Waals surface area contributed by atoms with Crippen LogP contribution in [0.15, 0.2) is 48.8 Å². The summed E-state index contributed by atoms with van der Waals surface area (Å²) in [6, 6.07) is 12.6. The second-order valence-electron chi connectivity index (χ2n) is 7.40. The molecule has 0 aliphatic carbocycles. The third-order valence-electron chi connectivity index (χ3n) is 5.03. The minimum absolute atomic E-state index is 0.695. The minimum Gasteiger partial charge on any atom is -0.354 e. The molecule has 0 unspecified atom stereocenters. The lowest BCUT2D eigenvalue weighted by Crippen LogP contribution is -2.39. The molecule has 0 N–H and O–H groups in total. The minimum atomic E-state index is 0.695. The van der Waals surface area contributed by atoms with Gasteiger partial charge in [0.05, 0.1) is 5.69 Å². The van der Waals surface area contributed by atoms with Crippen LogP contribution in [0.3, 0.4) is 0 Å². The zero-order chi connectivity index (χ0) is 17.2. The normalized spacial score (nSPS) is 20.8. The summed E-state index contributed by atoms with van der Waals surface area (Å²) in [7, 11) is 0. The molecule has 1 aromatic carbocycles. The van der Waals surface area contributed by atoms with Crippen LogP contribution in [0.4, 0.5) is 5.82 Å². The van der Waals surface area contributed by atoms with Crippen LogP contribution in [0, 0.1) is 11.8 Å². The predicted octanol–water partition coefficient (Wildman–Crippen LogP) is 4.10. The number of pyridine rings is 1. The van der Waals surface area contributed by atoms with E-state index in [1.807, 2.05) is 24.5 Å². The first kappa shape index (κ1) is 16.0. The van der Waals surface area contributed by atoms with Crippen LogP contribution < -0.4 is 4.90 Å². The molecule has 0 spiro atoms. The Morgan fingerprint density at radius 3 is 2.32 bits per heavy atom. The van der Waals surface area contributed by atoms with E-state index in [-0.39, 0.29) is 0 Å². The quantitative estimate of drug-likeness (QED) is 0.724. The zero-order valence-electron chi connectivity index (χ0n) is 14.9. The average Bonchev–Trinajstić information content (AvgIpc) is 2.62. The number of fused-ring (bicyclic) bond motifs is 1. The molecule has 0 bridgehead atoms. The molecule has 1 saturated heterocycles. The van der Waals surface area contributed by atoms with Gasteiger partial charge in [-0.15, -0.1) is 5.10 Å². The number of hydrogen-bond donors (Lipinski definition) is 0. The predicted molar refractivity (Wildman–Crippen MR) is 102 cm³/mol. The molecular formula is C21H24N4. The van der Waals surface area contributed by atoms with E-state index < -0.39 is 0 Å². The number of piperidine rings is 1. The van der Waals surface area contributed by atoms with E-state index in [1.54, 1.807) is 0 Å². The summed E-state index contributed by atoms with van der Waals surface area (Å²) < 4.78 is 0. The van der Waals surface area contributed by atoms with Gasteiger partial charge in [0.15, 0.2) is 5.82 Å². The summed E-state index contributed by atoms with van der Waals surface area (Å²) >= 11 is 0. The summed E-state index contributed by atoms with van der Waals surface area (Å²) in [6.07, 6.45) is 5.73. The van der Waals surface area contributed by atoms with Crippen molar-refractivity contribution in [3.63, 3.8) is 0 Å². The first-order valence-electron chi connectivity index (χ1n) is 9.09. The second-order valence-corrected chi connectivity index (χ2v) is 7.40. The van der Waals surface area contributed by atoms with Crippen molar-refractivity contribution in [2.45, 2.75) is 26.7 Å². The van der Waals surface area contributed by atoms with Gasteiger partial charge in [0.25, 0.3) is 0 Å². The molecule has 2 atom stereocenters. The molecular weight excluding hydrogens is 308 g/mol. The van der Waals surface area contributed by atoms with E-state index in [0.29, 0.717) is 11.8 Å². The molecule has 1 aliphatic rings. The second kappa shape index (κ2) is 6.79. The number of rotatable bonds is 3. The summed E-state index contributed by atoms with van der Waals surface area (Å²) in [5, 5.41) is 11.7. The standard InChI is InChI=1S/C21H24N4/c1-15-11-16(2)14-25(13-15)21-19-6-4-3-5-18(19)20(23-24-21)12-17-7-9-22-10-8-17/h3-10,15-16H,11-14H2,1-2H3/t15-,16-/m1/s1. The fourth-order valence-corrected chi connectivity index (χ4v) is 4.04. The van der Waals surface area contributed by atoms with Crippen molar-refractivity contribution in [2.24, 2.45) is 11.8 Å². The maximum atomic E-state index is 4.66. The van der Waals surface area contributed by atoms with Crippen molar-refractivity contribution >= 4 is 16.6 Å². The lowest BCUT2D eigenvalue weighted by atomic mass is 9.91. The molecule has 3 aromatic rings. The summed E-state index contributed by atoms with van der Waals surface area (Å²) in [6.45, 7) is 6.78. The molecule has 128 valence electrons. The molecule has 1 aliphatic heterocycles. The maximum absolute atomic E-state index is 4.66. The van der Waals surface area contributed by atoms with Gasteiger partial charge < -0.3 is 4.90 Å². The molecule has 25 heavy (non-hydrogen) atoms. The molecule has 4 nitrogen and oxygen atoms in total. The Kier molecular flexibility index (Phi) is 4.35. The summed E-state index contributed by atoms with van der Waals surface area (Å²) in [5.41, 5.74) is 2.24. The smallest absolute Gasteiger partial charge is 0.159 e. The van der Waals surface area contributed by atoms with E-state index >= 15 is 0 Å². The molecule has 3 heterocycles. The SMILES string of the molecule is C[C@@H]1C[C@@H](C)CN(c2nnc(Cc3ccncc3)c3ccccc23)C1. The van der Waals surface area contributed by atoms with E-state index in [2.05, 4.69) is 58.2 Å². The van der Waals surface area contributed by atoms with E-state index in [0.717, 1.165) is 31.0 Å². The van der Waals surface area contributed by atoms with E-state index in [1.165, 1.54) is 22.8 Å². The average molecular weight is 332 g/mol. The fourth-order valence-electron chi connectivity index (χ4n) is 4.04. The third-order valence-corrected chi connectivity index (χ3v) is 5.03. The van der Waals surface area contributed by atoms with E-state index in [9.17, 15) is 0 Å². The highest BCUT2D eigenvalue weighted by Gasteiger charge is 2.24. The first-order chi connectivity index (χ1) is 12.2. The number of benzene rings is 1. The number of hydrogen-bond acceptors (Lipinski definition) is 4. The molecule has 0 radical (unpaired) electrons. The van der Waals surface area contributed by atoms with Gasteiger partial charge >= 0.3 is 0 Å². The van der Waals surface area contributed by atoms with Crippen LogP contribution in [0.5, 0.6) is 0 Å². The van der Waals surface area contributed by atoms with Crippen LogP contribution in [0.1, 0.15) is 31.5 Å². The molecule has 1 fully saturated rings. The molecule has 4 heteroatoms. The van der Waals surface area contributed by atoms with Crippen molar-refractivity contribution < 1.29 is 0 Å².